The van der Waals surface area contributed by atoms with E-state index in [1.165, 1.54) is 16.4 Å². The Labute approximate surface area is 108 Å². The Morgan fingerprint density at radius 2 is 2.12 bits per heavy atom. The summed E-state index contributed by atoms with van der Waals surface area (Å²) in [6.07, 6.45) is 6.46. The Bertz CT molecular complexity index is 502. The zero-order valence-corrected chi connectivity index (χ0v) is 10.9. The highest BCUT2D eigenvalue weighted by atomic mass is 127. The minimum Gasteiger partial charge on any atom is -0.325 e. The number of hydrogen-bond donors (Lipinski definition) is 1. The Kier molecular flexibility index (Phi) is 2.59. The van der Waals surface area contributed by atoms with Crippen LogP contribution in [0.3, 0.4) is 0 Å². The largest absolute Gasteiger partial charge is 0.325 e. The number of anilines is 2. The number of aromatic nitrogens is 2. The lowest BCUT2D eigenvalue weighted by atomic mass is 10.3. The van der Waals surface area contributed by atoms with E-state index in [1.54, 1.807) is 0 Å². The smallest absolute Gasteiger partial charge is 0.207 e. The summed E-state index contributed by atoms with van der Waals surface area (Å²) in [5.74, 6) is 0.951. The molecular weight excluding hydrogens is 313 g/mol. The maximum absolute atomic E-state index is 4.36. The van der Waals surface area contributed by atoms with Crippen molar-refractivity contribution in [1.82, 2.24) is 9.55 Å². The van der Waals surface area contributed by atoms with Crippen LogP contribution in [0.5, 0.6) is 0 Å². The average molecular weight is 325 g/mol. The molecule has 0 aliphatic heterocycles. The lowest BCUT2D eigenvalue weighted by molar-refractivity contribution is 0.751. The van der Waals surface area contributed by atoms with E-state index in [0.717, 1.165) is 11.6 Å². The molecule has 2 aromatic rings. The monoisotopic (exact) mass is 325 g/mol. The molecule has 0 radical (unpaired) electrons. The van der Waals surface area contributed by atoms with E-state index in [9.17, 15) is 0 Å². The first-order valence-electron chi connectivity index (χ1n) is 5.39. The van der Waals surface area contributed by atoms with Gasteiger partial charge in [0.15, 0.2) is 0 Å². The minimum absolute atomic E-state index is 0.659. The molecule has 0 atom stereocenters. The zero-order valence-electron chi connectivity index (χ0n) is 8.73. The van der Waals surface area contributed by atoms with Crippen molar-refractivity contribution in [2.45, 2.75) is 18.9 Å². The van der Waals surface area contributed by atoms with Gasteiger partial charge in [-0.2, -0.15) is 0 Å². The van der Waals surface area contributed by atoms with Crippen LogP contribution in [0.1, 0.15) is 18.9 Å². The number of hydrogen-bond acceptors (Lipinski definition) is 2. The van der Waals surface area contributed by atoms with Crippen molar-refractivity contribution in [2.75, 3.05) is 5.32 Å². The fourth-order valence-electron chi connectivity index (χ4n) is 1.74. The molecule has 1 aromatic heterocycles. The van der Waals surface area contributed by atoms with Gasteiger partial charge in [-0.05, 0) is 47.6 Å². The molecule has 16 heavy (non-hydrogen) atoms. The molecule has 1 saturated carbocycles. The molecule has 0 spiro atoms. The molecule has 0 bridgehead atoms. The van der Waals surface area contributed by atoms with E-state index in [-0.39, 0.29) is 0 Å². The van der Waals surface area contributed by atoms with Gasteiger partial charge in [0.25, 0.3) is 0 Å². The summed E-state index contributed by atoms with van der Waals surface area (Å²) in [4.78, 5) is 4.36. The maximum Gasteiger partial charge on any atom is 0.207 e. The van der Waals surface area contributed by atoms with Crippen molar-refractivity contribution < 1.29 is 0 Å². The molecule has 1 N–H and O–H groups in total. The van der Waals surface area contributed by atoms with Crippen LogP contribution in [0.25, 0.3) is 0 Å². The van der Waals surface area contributed by atoms with Gasteiger partial charge in [-0.25, -0.2) is 4.98 Å². The first-order valence-corrected chi connectivity index (χ1v) is 6.47. The molecule has 82 valence electrons. The summed E-state index contributed by atoms with van der Waals surface area (Å²) in [6, 6.07) is 8.90. The highest BCUT2D eigenvalue weighted by molar-refractivity contribution is 14.1. The molecule has 1 aliphatic rings. The van der Waals surface area contributed by atoms with Crippen molar-refractivity contribution >= 4 is 34.2 Å². The fraction of sp³-hybridized carbons (Fsp3) is 0.250. The number of rotatable bonds is 3. The second kappa shape index (κ2) is 4.08. The Balaban J connectivity index is 1.88. The molecule has 0 unspecified atom stereocenters. The summed E-state index contributed by atoms with van der Waals surface area (Å²) in [6.45, 7) is 0. The lowest BCUT2D eigenvalue weighted by Crippen LogP contribution is -2.02. The van der Waals surface area contributed by atoms with Gasteiger partial charge in [-0.15, -0.1) is 0 Å². The lowest BCUT2D eigenvalue weighted by Gasteiger charge is -2.09. The summed E-state index contributed by atoms with van der Waals surface area (Å²) < 4.78 is 3.44. The van der Waals surface area contributed by atoms with Gasteiger partial charge < -0.3 is 9.88 Å². The van der Waals surface area contributed by atoms with E-state index >= 15 is 0 Å². The topological polar surface area (TPSA) is 29.9 Å². The van der Waals surface area contributed by atoms with E-state index in [2.05, 4.69) is 55.8 Å². The standard InChI is InChI=1S/C12H12IN3/c13-10-3-1-2-4-11(10)15-12-14-7-8-16(12)9-5-6-9/h1-4,7-9H,5-6H2,(H,14,15). The number of nitrogens with one attached hydrogen (secondary N) is 1. The van der Waals surface area contributed by atoms with Gasteiger partial charge in [0.2, 0.25) is 5.95 Å². The van der Waals surface area contributed by atoms with Crippen molar-refractivity contribution in [2.24, 2.45) is 0 Å². The van der Waals surface area contributed by atoms with Crippen LogP contribution in [0.2, 0.25) is 0 Å². The summed E-state index contributed by atoms with van der Waals surface area (Å²) in [5, 5.41) is 3.39. The predicted molar refractivity (Wildman–Crippen MR) is 72.9 cm³/mol. The summed E-state index contributed by atoms with van der Waals surface area (Å²) >= 11 is 2.33. The Morgan fingerprint density at radius 1 is 1.31 bits per heavy atom. The first kappa shape index (κ1) is 10.1. The number of para-hydroxylation sites is 1. The fourth-order valence-corrected chi connectivity index (χ4v) is 2.26. The highest BCUT2D eigenvalue weighted by Crippen LogP contribution is 2.37. The van der Waals surface area contributed by atoms with Crippen LogP contribution in [-0.4, -0.2) is 9.55 Å². The third kappa shape index (κ3) is 1.93. The van der Waals surface area contributed by atoms with Gasteiger partial charge in [-0.1, -0.05) is 12.1 Å². The molecule has 1 heterocycles. The van der Waals surface area contributed by atoms with Crippen molar-refractivity contribution in [3.63, 3.8) is 0 Å². The number of nitrogens with zero attached hydrogens (tertiary/aromatic N) is 2. The molecule has 3 nitrogen and oxygen atoms in total. The molecule has 0 amide bonds. The summed E-state index contributed by atoms with van der Waals surface area (Å²) in [7, 11) is 0. The van der Waals surface area contributed by atoms with Crippen LogP contribution in [-0.2, 0) is 0 Å². The molecule has 1 fully saturated rings. The molecule has 3 rings (SSSR count). The molecule has 1 aliphatic carbocycles. The minimum atomic E-state index is 0.659. The quantitative estimate of drug-likeness (QED) is 0.875. The normalized spacial score (nSPS) is 15.1. The van der Waals surface area contributed by atoms with Crippen LogP contribution < -0.4 is 5.32 Å². The van der Waals surface area contributed by atoms with Crippen LogP contribution in [0, 0.1) is 3.57 Å². The number of benzene rings is 1. The van der Waals surface area contributed by atoms with Crippen molar-refractivity contribution in [1.29, 1.82) is 0 Å². The van der Waals surface area contributed by atoms with Gasteiger partial charge in [-0.3, -0.25) is 0 Å². The van der Waals surface area contributed by atoms with Gasteiger partial charge >= 0.3 is 0 Å². The predicted octanol–water partition coefficient (Wildman–Crippen LogP) is 3.57. The SMILES string of the molecule is Ic1ccccc1Nc1nccn1C1CC1. The zero-order chi connectivity index (χ0) is 11.0. The Morgan fingerprint density at radius 3 is 2.88 bits per heavy atom. The van der Waals surface area contributed by atoms with Crippen molar-refractivity contribution in [3.05, 3.63) is 40.2 Å². The number of imidazole rings is 1. The first-order chi connectivity index (χ1) is 7.84. The van der Waals surface area contributed by atoms with Crippen molar-refractivity contribution in [3.8, 4) is 0 Å². The second-order valence-corrected chi connectivity index (χ2v) is 5.16. The van der Waals surface area contributed by atoms with E-state index in [1.807, 2.05) is 18.3 Å². The van der Waals surface area contributed by atoms with E-state index in [0.29, 0.717) is 6.04 Å². The molecular formula is C12H12IN3. The maximum atomic E-state index is 4.36. The van der Waals surface area contributed by atoms with Crippen LogP contribution in [0.15, 0.2) is 36.7 Å². The number of halogens is 1. The Hall–Kier alpha value is -1.04. The van der Waals surface area contributed by atoms with E-state index in [4.69, 9.17) is 0 Å². The molecule has 4 heteroatoms. The molecule has 0 saturated heterocycles. The van der Waals surface area contributed by atoms with Crippen LogP contribution in [0.4, 0.5) is 11.6 Å². The van der Waals surface area contributed by atoms with Gasteiger partial charge in [0.1, 0.15) is 0 Å². The van der Waals surface area contributed by atoms with Gasteiger partial charge in [0.05, 0.1) is 5.69 Å². The second-order valence-electron chi connectivity index (χ2n) is 3.99. The van der Waals surface area contributed by atoms with Gasteiger partial charge in [0, 0.05) is 22.0 Å². The summed E-state index contributed by atoms with van der Waals surface area (Å²) in [5.41, 5.74) is 1.12. The third-order valence-electron chi connectivity index (χ3n) is 2.73. The van der Waals surface area contributed by atoms with E-state index < -0.39 is 0 Å². The van der Waals surface area contributed by atoms with Crippen LogP contribution >= 0.6 is 22.6 Å². The highest BCUT2D eigenvalue weighted by Gasteiger charge is 2.25. The average Bonchev–Trinajstić information content (AvgIpc) is 3.03. The third-order valence-corrected chi connectivity index (χ3v) is 3.67. The molecule has 1 aromatic carbocycles.